The van der Waals surface area contributed by atoms with Gasteiger partial charge in [0, 0.05) is 12.1 Å². The Morgan fingerprint density at radius 1 is 1.00 bits per heavy atom. The number of methoxy groups -OCH3 is 2. The van der Waals surface area contributed by atoms with Crippen LogP contribution < -0.4 is 14.2 Å². The van der Waals surface area contributed by atoms with E-state index < -0.39 is 17.7 Å². The Hall–Kier alpha value is -3.48. The molecule has 3 rings (SSSR count). The first-order chi connectivity index (χ1) is 15.4. The molecule has 32 heavy (non-hydrogen) atoms. The van der Waals surface area contributed by atoms with Crippen LogP contribution in [0.5, 0.6) is 17.2 Å². The van der Waals surface area contributed by atoms with E-state index in [1.165, 1.54) is 4.90 Å². The van der Waals surface area contributed by atoms with Gasteiger partial charge in [0.1, 0.15) is 11.5 Å². The fraction of sp³-hybridized carbons (Fsp3) is 0.360. The van der Waals surface area contributed by atoms with Gasteiger partial charge in [0.25, 0.3) is 11.7 Å². The fourth-order valence-corrected chi connectivity index (χ4v) is 4.01. The van der Waals surface area contributed by atoms with Crippen LogP contribution >= 0.6 is 0 Å². The number of carbonyl (C=O) groups is 2. The molecule has 7 nitrogen and oxygen atoms in total. The monoisotopic (exact) mass is 439 g/mol. The fourth-order valence-electron chi connectivity index (χ4n) is 4.01. The highest BCUT2D eigenvalue weighted by atomic mass is 16.5. The third-order valence-corrected chi connectivity index (χ3v) is 5.48. The van der Waals surface area contributed by atoms with Crippen LogP contribution in [-0.4, -0.2) is 49.1 Å². The van der Waals surface area contributed by atoms with Gasteiger partial charge in [-0.3, -0.25) is 9.59 Å². The molecule has 0 aromatic heterocycles. The van der Waals surface area contributed by atoms with Crippen molar-refractivity contribution in [2.45, 2.75) is 33.2 Å². The Bertz CT molecular complexity index is 1060. The van der Waals surface area contributed by atoms with Gasteiger partial charge in [-0.15, -0.1) is 0 Å². The lowest BCUT2D eigenvalue weighted by Crippen LogP contribution is -2.30. The largest absolute Gasteiger partial charge is 0.507 e. The number of hydrogen-bond acceptors (Lipinski definition) is 6. The van der Waals surface area contributed by atoms with E-state index >= 15 is 0 Å². The molecule has 170 valence electrons. The molecule has 2 aromatic carbocycles. The molecule has 7 heteroatoms. The van der Waals surface area contributed by atoms with Crippen molar-refractivity contribution in [1.29, 1.82) is 0 Å². The van der Waals surface area contributed by atoms with E-state index in [1.807, 2.05) is 20.8 Å². The van der Waals surface area contributed by atoms with Crippen molar-refractivity contribution in [3.8, 4) is 17.2 Å². The van der Waals surface area contributed by atoms with Crippen molar-refractivity contribution in [2.24, 2.45) is 0 Å². The van der Waals surface area contributed by atoms with Crippen molar-refractivity contribution in [3.63, 3.8) is 0 Å². The maximum Gasteiger partial charge on any atom is 0.295 e. The number of nitrogens with zero attached hydrogens (tertiary/aromatic N) is 1. The zero-order chi connectivity index (χ0) is 23.4. The number of aryl methyl sites for hydroxylation is 1. The summed E-state index contributed by atoms with van der Waals surface area (Å²) >= 11 is 0. The van der Waals surface area contributed by atoms with Gasteiger partial charge in [0.05, 0.1) is 32.4 Å². The minimum absolute atomic E-state index is 0.0561. The van der Waals surface area contributed by atoms with E-state index in [9.17, 15) is 14.7 Å². The Balaban J connectivity index is 2.20. The van der Waals surface area contributed by atoms with Gasteiger partial charge < -0.3 is 24.2 Å². The van der Waals surface area contributed by atoms with Crippen molar-refractivity contribution < 1.29 is 28.9 Å². The maximum absolute atomic E-state index is 13.0. The summed E-state index contributed by atoms with van der Waals surface area (Å²) in [6, 6.07) is 9.68. The first-order valence-electron chi connectivity index (χ1n) is 10.6. The van der Waals surface area contributed by atoms with Gasteiger partial charge in [-0.25, -0.2) is 0 Å². The summed E-state index contributed by atoms with van der Waals surface area (Å²) in [5.74, 6) is 0.178. The quantitative estimate of drug-likeness (QED) is 0.376. The topological polar surface area (TPSA) is 85.3 Å². The number of aliphatic hydroxyl groups excluding tert-OH is 1. The van der Waals surface area contributed by atoms with Gasteiger partial charge in [0.15, 0.2) is 11.5 Å². The van der Waals surface area contributed by atoms with Crippen LogP contribution in [-0.2, 0) is 9.59 Å². The molecule has 1 saturated heterocycles. The maximum atomic E-state index is 13.0. The number of ether oxygens (including phenoxy) is 3. The molecule has 1 unspecified atom stereocenters. The minimum atomic E-state index is -0.734. The lowest BCUT2D eigenvalue weighted by molar-refractivity contribution is -0.139. The molecule has 1 aliphatic heterocycles. The molecule has 1 aliphatic rings. The molecule has 1 N–H and O–H groups in total. The Morgan fingerprint density at radius 3 is 2.28 bits per heavy atom. The Labute approximate surface area is 188 Å². The highest BCUT2D eigenvalue weighted by Crippen LogP contribution is 2.42. The SMILES string of the molecule is CCCN1C(=O)C(=O)/C(=C(\O)c2ccc(OC)c(C)c2)C1c1ccc(OC)c(OCC)c1. The second-order valence-corrected chi connectivity index (χ2v) is 7.52. The van der Waals surface area contributed by atoms with Crippen LogP contribution in [0.15, 0.2) is 42.0 Å². The summed E-state index contributed by atoms with van der Waals surface area (Å²) in [4.78, 5) is 27.4. The van der Waals surface area contributed by atoms with Crippen LogP contribution in [0.25, 0.3) is 5.76 Å². The predicted molar refractivity (Wildman–Crippen MR) is 121 cm³/mol. The molecule has 0 saturated carbocycles. The number of aliphatic hydroxyl groups is 1. The number of benzene rings is 2. The van der Waals surface area contributed by atoms with Gasteiger partial charge in [-0.1, -0.05) is 13.0 Å². The van der Waals surface area contributed by atoms with E-state index in [1.54, 1.807) is 50.6 Å². The first kappa shape index (κ1) is 23.2. The molecule has 0 bridgehead atoms. The molecule has 2 aromatic rings. The van der Waals surface area contributed by atoms with Crippen LogP contribution in [0.1, 0.15) is 43.0 Å². The van der Waals surface area contributed by atoms with Crippen molar-refractivity contribution in [2.75, 3.05) is 27.4 Å². The zero-order valence-electron chi connectivity index (χ0n) is 19.1. The van der Waals surface area contributed by atoms with Crippen molar-refractivity contribution in [1.82, 2.24) is 4.90 Å². The van der Waals surface area contributed by atoms with Gasteiger partial charge in [-0.2, -0.15) is 0 Å². The number of carbonyl (C=O) groups excluding carboxylic acids is 2. The average molecular weight is 440 g/mol. The minimum Gasteiger partial charge on any atom is -0.507 e. The summed E-state index contributed by atoms with van der Waals surface area (Å²) in [7, 11) is 3.12. The number of amides is 1. The summed E-state index contributed by atoms with van der Waals surface area (Å²) in [6.07, 6.45) is 0.666. The molecular formula is C25H29NO6. The molecule has 0 radical (unpaired) electrons. The molecule has 1 heterocycles. The van der Waals surface area contributed by atoms with Crippen LogP contribution in [0.4, 0.5) is 0 Å². The summed E-state index contributed by atoms with van der Waals surface area (Å²) in [6.45, 7) is 6.45. The van der Waals surface area contributed by atoms with Crippen LogP contribution in [0.3, 0.4) is 0 Å². The van der Waals surface area contributed by atoms with Crippen molar-refractivity contribution in [3.05, 3.63) is 58.7 Å². The van der Waals surface area contributed by atoms with E-state index in [-0.39, 0.29) is 11.3 Å². The second kappa shape index (κ2) is 9.77. The van der Waals surface area contributed by atoms with Crippen LogP contribution in [0, 0.1) is 6.92 Å². The van der Waals surface area contributed by atoms with Gasteiger partial charge in [0.2, 0.25) is 0 Å². The highest BCUT2D eigenvalue weighted by molar-refractivity contribution is 6.46. The third kappa shape index (κ3) is 4.15. The molecule has 1 atom stereocenters. The number of likely N-dealkylation sites (tertiary alicyclic amines) is 1. The number of ketones is 1. The van der Waals surface area contributed by atoms with Crippen molar-refractivity contribution >= 4 is 17.4 Å². The first-order valence-corrected chi connectivity index (χ1v) is 10.6. The normalized spacial score (nSPS) is 17.5. The second-order valence-electron chi connectivity index (χ2n) is 7.52. The van der Waals surface area contributed by atoms with E-state index in [0.29, 0.717) is 47.9 Å². The summed E-state index contributed by atoms with van der Waals surface area (Å²) in [5, 5.41) is 11.2. The third-order valence-electron chi connectivity index (χ3n) is 5.48. The standard InChI is InChI=1S/C25H29NO6/c1-6-12-26-22(16-8-11-19(31-5)20(14-16)32-7-2)21(24(28)25(26)29)23(27)17-9-10-18(30-4)15(3)13-17/h8-11,13-14,22,27H,6-7,12H2,1-5H3/b23-21-. The van der Waals surface area contributed by atoms with E-state index in [0.717, 1.165) is 5.56 Å². The predicted octanol–water partition coefficient (Wildman–Crippen LogP) is 4.24. The molecule has 0 aliphatic carbocycles. The van der Waals surface area contributed by atoms with E-state index in [2.05, 4.69) is 0 Å². The lowest BCUT2D eigenvalue weighted by atomic mass is 9.94. The Kier molecular flexibility index (Phi) is 7.08. The number of rotatable bonds is 8. The molecular weight excluding hydrogens is 410 g/mol. The molecule has 1 fully saturated rings. The summed E-state index contributed by atoms with van der Waals surface area (Å²) < 4.78 is 16.3. The van der Waals surface area contributed by atoms with Gasteiger partial charge in [-0.05, 0) is 61.7 Å². The van der Waals surface area contributed by atoms with Gasteiger partial charge >= 0.3 is 0 Å². The van der Waals surface area contributed by atoms with Crippen LogP contribution in [0.2, 0.25) is 0 Å². The Morgan fingerprint density at radius 2 is 1.69 bits per heavy atom. The summed E-state index contributed by atoms with van der Waals surface area (Å²) in [5.41, 5.74) is 1.97. The zero-order valence-corrected chi connectivity index (χ0v) is 19.1. The molecule has 0 spiro atoms. The number of hydrogen-bond donors (Lipinski definition) is 1. The lowest BCUT2D eigenvalue weighted by Gasteiger charge is -2.25. The highest BCUT2D eigenvalue weighted by Gasteiger charge is 2.45. The smallest absolute Gasteiger partial charge is 0.295 e. The molecule has 1 amide bonds. The number of Topliss-reactive ketones (excluding diaryl/α,β-unsaturated/α-hetero) is 1. The average Bonchev–Trinajstić information content (AvgIpc) is 3.04. The van der Waals surface area contributed by atoms with E-state index in [4.69, 9.17) is 14.2 Å².